The van der Waals surface area contributed by atoms with E-state index in [1.807, 2.05) is 13.0 Å². The summed E-state index contributed by atoms with van der Waals surface area (Å²) in [6, 6.07) is 1.89. The summed E-state index contributed by atoms with van der Waals surface area (Å²) < 4.78 is 0. The summed E-state index contributed by atoms with van der Waals surface area (Å²) in [7, 11) is 0. The molecule has 0 aromatic carbocycles. The SMILES string of the molecule is Cc1nc(Nc2cnccn2)cc(C2CN(C(=O)CN)C2)n1. The van der Waals surface area contributed by atoms with Crippen molar-refractivity contribution in [2.75, 3.05) is 25.0 Å². The van der Waals surface area contributed by atoms with Gasteiger partial charge in [0.1, 0.15) is 17.5 Å². The van der Waals surface area contributed by atoms with Gasteiger partial charge in [-0.15, -0.1) is 0 Å². The molecular weight excluding hydrogens is 282 g/mol. The van der Waals surface area contributed by atoms with Crippen molar-refractivity contribution in [3.8, 4) is 0 Å². The Morgan fingerprint density at radius 3 is 2.86 bits per heavy atom. The maximum Gasteiger partial charge on any atom is 0.236 e. The van der Waals surface area contributed by atoms with Crippen LogP contribution in [0.2, 0.25) is 0 Å². The highest BCUT2D eigenvalue weighted by Gasteiger charge is 2.32. The second-order valence-electron chi connectivity index (χ2n) is 5.14. The van der Waals surface area contributed by atoms with Crippen LogP contribution in [0.15, 0.2) is 24.7 Å². The predicted molar refractivity (Wildman–Crippen MR) is 80.5 cm³/mol. The molecule has 8 nitrogen and oxygen atoms in total. The Hall–Kier alpha value is -2.61. The van der Waals surface area contributed by atoms with E-state index < -0.39 is 0 Å². The Labute approximate surface area is 127 Å². The van der Waals surface area contributed by atoms with Gasteiger partial charge in [-0.1, -0.05) is 0 Å². The Morgan fingerprint density at radius 1 is 1.36 bits per heavy atom. The van der Waals surface area contributed by atoms with Gasteiger partial charge in [-0.25, -0.2) is 15.0 Å². The molecule has 0 spiro atoms. The lowest BCUT2D eigenvalue weighted by Crippen LogP contribution is -2.50. The fourth-order valence-corrected chi connectivity index (χ4v) is 2.36. The first-order valence-corrected chi connectivity index (χ1v) is 7.02. The van der Waals surface area contributed by atoms with Gasteiger partial charge in [-0.05, 0) is 6.92 Å². The quantitative estimate of drug-likeness (QED) is 0.830. The van der Waals surface area contributed by atoms with Crippen molar-refractivity contribution in [2.45, 2.75) is 12.8 Å². The predicted octanol–water partition coefficient (Wildman–Crippen LogP) is 0.203. The minimum Gasteiger partial charge on any atom is -0.340 e. The summed E-state index contributed by atoms with van der Waals surface area (Å²) in [6.07, 6.45) is 4.85. The van der Waals surface area contributed by atoms with E-state index in [2.05, 4.69) is 25.3 Å². The first kappa shape index (κ1) is 14.3. The highest BCUT2D eigenvalue weighted by atomic mass is 16.2. The lowest BCUT2D eigenvalue weighted by atomic mass is 9.95. The zero-order valence-corrected chi connectivity index (χ0v) is 12.2. The van der Waals surface area contributed by atoms with E-state index in [1.165, 1.54) is 0 Å². The normalized spacial score (nSPS) is 14.5. The van der Waals surface area contributed by atoms with Crippen molar-refractivity contribution in [1.29, 1.82) is 0 Å². The third kappa shape index (κ3) is 3.01. The van der Waals surface area contributed by atoms with E-state index in [9.17, 15) is 4.79 Å². The first-order valence-electron chi connectivity index (χ1n) is 7.02. The molecular formula is C14H17N7O. The molecule has 114 valence electrons. The molecule has 0 bridgehead atoms. The van der Waals surface area contributed by atoms with Gasteiger partial charge in [0, 0.05) is 37.5 Å². The van der Waals surface area contributed by atoms with E-state index in [1.54, 1.807) is 23.5 Å². The van der Waals surface area contributed by atoms with Crippen molar-refractivity contribution in [2.24, 2.45) is 5.73 Å². The van der Waals surface area contributed by atoms with Gasteiger partial charge in [0.05, 0.1) is 18.4 Å². The van der Waals surface area contributed by atoms with Crippen molar-refractivity contribution in [3.05, 3.63) is 36.2 Å². The number of amides is 1. The van der Waals surface area contributed by atoms with Crippen LogP contribution in [0.3, 0.4) is 0 Å². The number of rotatable bonds is 4. The number of nitrogens with two attached hydrogens (primary N) is 1. The minimum absolute atomic E-state index is 0.0278. The summed E-state index contributed by atoms with van der Waals surface area (Å²) in [4.78, 5) is 30.2. The molecule has 0 aliphatic carbocycles. The molecule has 0 atom stereocenters. The number of aromatic nitrogens is 4. The number of carbonyl (C=O) groups excluding carboxylic acids is 1. The number of carbonyl (C=O) groups is 1. The fraction of sp³-hybridized carbons (Fsp3) is 0.357. The average molecular weight is 299 g/mol. The number of nitrogens with zero attached hydrogens (tertiary/aromatic N) is 5. The van der Waals surface area contributed by atoms with Gasteiger partial charge in [0.2, 0.25) is 5.91 Å². The van der Waals surface area contributed by atoms with Gasteiger partial charge < -0.3 is 16.0 Å². The van der Waals surface area contributed by atoms with Crippen molar-refractivity contribution in [1.82, 2.24) is 24.8 Å². The number of hydrogen-bond donors (Lipinski definition) is 2. The second kappa shape index (κ2) is 6.02. The lowest BCUT2D eigenvalue weighted by molar-refractivity contribution is -0.134. The number of anilines is 2. The van der Waals surface area contributed by atoms with Gasteiger partial charge in [0.15, 0.2) is 0 Å². The van der Waals surface area contributed by atoms with E-state index in [0.29, 0.717) is 30.5 Å². The Morgan fingerprint density at radius 2 is 2.18 bits per heavy atom. The maximum absolute atomic E-state index is 11.5. The number of likely N-dealkylation sites (tertiary alicyclic amines) is 1. The summed E-state index contributed by atoms with van der Waals surface area (Å²) in [5.41, 5.74) is 6.28. The second-order valence-corrected chi connectivity index (χ2v) is 5.14. The summed E-state index contributed by atoms with van der Waals surface area (Å²) in [5.74, 6) is 2.17. The standard InChI is InChI=1S/C14H17N7O/c1-9-18-11(10-7-21(8-10)14(22)5-15)4-12(19-9)20-13-6-16-2-3-17-13/h2-4,6,10H,5,7-8,15H2,1H3,(H,17,18,19,20). The topological polar surface area (TPSA) is 110 Å². The molecule has 0 radical (unpaired) electrons. The van der Waals surface area contributed by atoms with Crippen LogP contribution in [0, 0.1) is 6.92 Å². The van der Waals surface area contributed by atoms with Crippen LogP contribution in [0.5, 0.6) is 0 Å². The van der Waals surface area contributed by atoms with Gasteiger partial charge in [-0.2, -0.15) is 0 Å². The smallest absolute Gasteiger partial charge is 0.236 e. The molecule has 1 aliphatic rings. The minimum atomic E-state index is -0.0278. The maximum atomic E-state index is 11.5. The van der Waals surface area contributed by atoms with E-state index >= 15 is 0 Å². The third-order valence-electron chi connectivity index (χ3n) is 3.50. The highest BCUT2D eigenvalue weighted by molar-refractivity contribution is 5.79. The molecule has 2 aromatic rings. The Balaban J connectivity index is 1.73. The first-order chi connectivity index (χ1) is 10.7. The van der Waals surface area contributed by atoms with Crippen LogP contribution in [-0.4, -0.2) is 50.4 Å². The molecule has 1 fully saturated rings. The van der Waals surface area contributed by atoms with Gasteiger partial charge in [-0.3, -0.25) is 9.78 Å². The monoisotopic (exact) mass is 299 g/mol. The van der Waals surface area contributed by atoms with Crippen LogP contribution >= 0.6 is 0 Å². The molecule has 0 saturated carbocycles. The van der Waals surface area contributed by atoms with E-state index in [-0.39, 0.29) is 18.4 Å². The van der Waals surface area contributed by atoms with Gasteiger partial charge in [0.25, 0.3) is 0 Å². The molecule has 22 heavy (non-hydrogen) atoms. The average Bonchev–Trinajstić information content (AvgIpc) is 2.46. The summed E-state index contributed by atoms with van der Waals surface area (Å²) >= 11 is 0. The van der Waals surface area contributed by atoms with Gasteiger partial charge >= 0.3 is 0 Å². The number of aryl methyl sites for hydroxylation is 1. The highest BCUT2D eigenvalue weighted by Crippen LogP contribution is 2.27. The molecule has 1 amide bonds. The molecule has 3 rings (SSSR count). The molecule has 2 aromatic heterocycles. The van der Waals surface area contributed by atoms with Crippen molar-refractivity contribution < 1.29 is 4.79 Å². The van der Waals surface area contributed by atoms with Crippen LogP contribution in [0.4, 0.5) is 11.6 Å². The summed E-state index contributed by atoms with van der Waals surface area (Å²) in [6.45, 7) is 3.19. The fourth-order valence-electron chi connectivity index (χ4n) is 2.36. The molecule has 1 saturated heterocycles. The Bertz CT molecular complexity index is 670. The molecule has 0 unspecified atom stereocenters. The summed E-state index contributed by atoms with van der Waals surface area (Å²) in [5, 5.41) is 3.11. The zero-order valence-electron chi connectivity index (χ0n) is 12.2. The van der Waals surface area contributed by atoms with E-state index in [4.69, 9.17) is 5.73 Å². The van der Waals surface area contributed by atoms with E-state index in [0.717, 1.165) is 5.69 Å². The number of nitrogens with one attached hydrogen (secondary N) is 1. The van der Waals surface area contributed by atoms with Crippen LogP contribution in [0.1, 0.15) is 17.4 Å². The molecule has 1 aliphatic heterocycles. The lowest BCUT2D eigenvalue weighted by Gasteiger charge is -2.38. The molecule has 3 N–H and O–H groups in total. The van der Waals surface area contributed by atoms with Crippen LogP contribution in [0.25, 0.3) is 0 Å². The van der Waals surface area contributed by atoms with Crippen LogP contribution < -0.4 is 11.1 Å². The largest absolute Gasteiger partial charge is 0.340 e. The van der Waals surface area contributed by atoms with Crippen molar-refractivity contribution in [3.63, 3.8) is 0 Å². The third-order valence-corrected chi connectivity index (χ3v) is 3.50. The Kier molecular flexibility index (Phi) is 3.92. The number of hydrogen-bond acceptors (Lipinski definition) is 7. The molecule has 8 heteroatoms. The van der Waals surface area contributed by atoms with Crippen molar-refractivity contribution >= 4 is 17.5 Å². The van der Waals surface area contributed by atoms with Crippen LogP contribution in [-0.2, 0) is 4.79 Å². The molecule has 3 heterocycles. The zero-order chi connectivity index (χ0) is 15.5.